The maximum absolute atomic E-state index is 6.13. The van der Waals surface area contributed by atoms with Gasteiger partial charge in [0.25, 0.3) is 0 Å². The summed E-state index contributed by atoms with van der Waals surface area (Å²) >= 11 is 0. The van der Waals surface area contributed by atoms with Crippen LogP contribution in [0.4, 0.5) is 0 Å². The lowest BCUT2D eigenvalue weighted by Gasteiger charge is -2.35. The maximum Gasteiger partial charge on any atom is 0.194 e. The monoisotopic (exact) mass is 487 g/mol. The van der Waals surface area contributed by atoms with Crippen molar-refractivity contribution in [1.29, 1.82) is 0 Å². The smallest absolute Gasteiger partial charge is 0.194 e. The molecule has 0 saturated carbocycles. The van der Waals surface area contributed by atoms with E-state index < -0.39 is 0 Å². The molecular formula is C21H34IN3O2. The molecule has 3 rings (SSSR count). The van der Waals surface area contributed by atoms with Gasteiger partial charge in [0, 0.05) is 26.2 Å². The highest BCUT2D eigenvalue weighted by Crippen LogP contribution is 2.18. The van der Waals surface area contributed by atoms with Gasteiger partial charge in [0.2, 0.25) is 0 Å². The van der Waals surface area contributed by atoms with Crippen LogP contribution in [0.1, 0.15) is 44.6 Å². The first-order chi connectivity index (χ1) is 12.8. The zero-order valence-corrected chi connectivity index (χ0v) is 18.8. The van der Waals surface area contributed by atoms with E-state index in [0.29, 0.717) is 12.2 Å². The van der Waals surface area contributed by atoms with E-state index in [-0.39, 0.29) is 24.0 Å². The maximum atomic E-state index is 6.13. The van der Waals surface area contributed by atoms with E-state index in [1.165, 1.54) is 18.4 Å². The van der Waals surface area contributed by atoms with Gasteiger partial charge in [-0.2, -0.15) is 0 Å². The summed E-state index contributed by atoms with van der Waals surface area (Å²) in [6.45, 7) is 7.39. The van der Waals surface area contributed by atoms with E-state index in [4.69, 9.17) is 14.5 Å². The molecule has 0 radical (unpaired) electrons. The van der Waals surface area contributed by atoms with Crippen LogP contribution in [-0.2, 0) is 16.0 Å². The van der Waals surface area contributed by atoms with Gasteiger partial charge in [-0.25, -0.2) is 4.99 Å². The Morgan fingerprint density at radius 2 is 1.96 bits per heavy atom. The molecule has 152 valence electrons. The van der Waals surface area contributed by atoms with Crippen molar-refractivity contribution < 1.29 is 9.47 Å². The van der Waals surface area contributed by atoms with Crippen molar-refractivity contribution in [1.82, 2.24) is 10.2 Å². The van der Waals surface area contributed by atoms with Gasteiger partial charge in [0.1, 0.15) is 0 Å². The summed E-state index contributed by atoms with van der Waals surface area (Å²) < 4.78 is 11.9. The summed E-state index contributed by atoms with van der Waals surface area (Å²) in [5, 5.41) is 3.44. The Morgan fingerprint density at radius 3 is 2.63 bits per heavy atom. The molecule has 0 bridgehead atoms. The van der Waals surface area contributed by atoms with Crippen LogP contribution in [0, 0.1) is 0 Å². The van der Waals surface area contributed by atoms with Crippen molar-refractivity contribution in [2.24, 2.45) is 4.99 Å². The molecule has 0 amide bonds. The highest BCUT2D eigenvalue weighted by molar-refractivity contribution is 14.0. The largest absolute Gasteiger partial charge is 0.376 e. The van der Waals surface area contributed by atoms with Crippen LogP contribution in [0.3, 0.4) is 0 Å². The van der Waals surface area contributed by atoms with Crippen LogP contribution >= 0.6 is 24.0 Å². The number of nitrogens with zero attached hydrogens (tertiary/aromatic N) is 2. The molecule has 1 unspecified atom stereocenters. The summed E-state index contributed by atoms with van der Waals surface area (Å²) in [6.07, 6.45) is 6.40. The molecule has 2 fully saturated rings. The van der Waals surface area contributed by atoms with Crippen molar-refractivity contribution in [2.45, 2.75) is 57.8 Å². The molecule has 0 aliphatic carbocycles. The minimum atomic E-state index is 0. The molecule has 2 aliphatic heterocycles. The standard InChI is InChI=1S/C21H33N3O2.HI/c1-2-22-21(23-16-18-8-4-3-5-9-18)24-13-11-19(12-14-24)26-17-20-10-6-7-15-25-20;/h3-5,8-9,19-20H,2,6-7,10-17H2,1H3,(H,22,23);1H. The van der Waals surface area contributed by atoms with Crippen LogP contribution < -0.4 is 5.32 Å². The number of hydrogen-bond donors (Lipinski definition) is 1. The van der Waals surface area contributed by atoms with Gasteiger partial charge in [-0.1, -0.05) is 30.3 Å². The molecule has 27 heavy (non-hydrogen) atoms. The zero-order valence-electron chi connectivity index (χ0n) is 16.4. The SMILES string of the molecule is CCNC(=NCc1ccccc1)N1CCC(OCC2CCCCO2)CC1.I. The van der Waals surface area contributed by atoms with Crippen molar-refractivity contribution in [3.63, 3.8) is 0 Å². The van der Waals surface area contributed by atoms with Crippen LogP contribution in [-0.4, -0.2) is 55.9 Å². The van der Waals surface area contributed by atoms with Crippen LogP contribution in [0.5, 0.6) is 0 Å². The van der Waals surface area contributed by atoms with Gasteiger partial charge >= 0.3 is 0 Å². The highest BCUT2D eigenvalue weighted by Gasteiger charge is 2.23. The van der Waals surface area contributed by atoms with Crippen molar-refractivity contribution in [3.05, 3.63) is 35.9 Å². The fourth-order valence-corrected chi connectivity index (χ4v) is 3.59. The first-order valence-corrected chi connectivity index (χ1v) is 10.2. The predicted molar refractivity (Wildman–Crippen MR) is 121 cm³/mol. The Morgan fingerprint density at radius 1 is 1.19 bits per heavy atom. The van der Waals surface area contributed by atoms with E-state index in [1.54, 1.807) is 0 Å². The summed E-state index contributed by atoms with van der Waals surface area (Å²) in [5.41, 5.74) is 1.24. The highest BCUT2D eigenvalue weighted by atomic mass is 127. The summed E-state index contributed by atoms with van der Waals surface area (Å²) in [7, 11) is 0. The van der Waals surface area contributed by atoms with Gasteiger partial charge in [0.05, 0.1) is 25.4 Å². The molecule has 2 aliphatic rings. The third kappa shape index (κ3) is 7.58. The average Bonchev–Trinajstić information content (AvgIpc) is 2.71. The number of nitrogens with one attached hydrogen (secondary N) is 1. The van der Waals surface area contributed by atoms with Crippen LogP contribution in [0.2, 0.25) is 0 Å². The van der Waals surface area contributed by atoms with Gasteiger partial charge in [-0.3, -0.25) is 0 Å². The molecular weight excluding hydrogens is 453 g/mol. The first-order valence-electron chi connectivity index (χ1n) is 10.2. The number of benzene rings is 1. The Kier molecular flexibility index (Phi) is 10.4. The molecule has 6 heteroatoms. The number of aliphatic imine (C=N–C) groups is 1. The van der Waals surface area contributed by atoms with Crippen LogP contribution in [0.15, 0.2) is 35.3 Å². The fraction of sp³-hybridized carbons (Fsp3) is 0.667. The lowest BCUT2D eigenvalue weighted by molar-refractivity contribution is -0.0721. The molecule has 2 heterocycles. The number of hydrogen-bond acceptors (Lipinski definition) is 3. The van der Waals surface area contributed by atoms with Crippen LogP contribution in [0.25, 0.3) is 0 Å². The van der Waals surface area contributed by atoms with E-state index in [0.717, 1.165) is 64.6 Å². The summed E-state index contributed by atoms with van der Waals surface area (Å²) in [4.78, 5) is 7.19. The molecule has 2 saturated heterocycles. The van der Waals surface area contributed by atoms with E-state index in [1.807, 2.05) is 6.07 Å². The average molecular weight is 487 g/mol. The van der Waals surface area contributed by atoms with E-state index in [9.17, 15) is 0 Å². The second-order valence-corrected chi connectivity index (χ2v) is 7.16. The molecule has 0 aromatic heterocycles. The normalized spacial score (nSPS) is 21.6. The Bertz CT molecular complexity index is 542. The Hall–Kier alpha value is -0.860. The number of ether oxygens (including phenoxy) is 2. The Labute approximate surface area is 180 Å². The van der Waals surface area contributed by atoms with Crippen molar-refractivity contribution in [3.8, 4) is 0 Å². The second-order valence-electron chi connectivity index (χ2n) is 7.16. The first kappa shape index (κ1) is 22.4. The molecule has 1 aromatic rings. The van der Waals surface area contributed by atoms with Gasteiger partial charge in [-0.15, -0.1) is 24.0 Å². The van der Waals surface area contributed by atoms with Crippen molar-refractivity contribution >= 4 is 29.9 Å². The summed E-state index contributed by atoms with van der Waals surface area (Å²) in [5.74, 6) is 1.02. The molecule has 0 spiro atoms. The number of halogens is 1. The van der Waals surface area contributed by atoms with E-state index >= 15 is 0 Å². The molecule has 1 N–H and O–H groups in total. The lowest BCUT2D eigenvalue weighted by Crippen LogP contribution is -2.47. The van der Waals surface area contributed by atoms with Crippen molar-refractivity contribution in [2.75, 3.05) is 32.8 Å². The van der Waals surface area contributed by atoms with Gasteiger partial charge < -0.3 is 19.7 Å². The lowest BCUT2D eigenvalue weighted by atomic mass is 10.1. The fourth-order valence-electron chi connectivity index (χ4n) is 3.59. The predicted octanol–water partition coefficient (Wildman–Crippen LogP) is 3.82. The Balaban J connectivity index is 0.00000261. The quantitative estimate of drug-likeness (QED) is 0.377. The third-order valence-electron chi connectivity index (χ3n) is 5.12. The molecule has 1 aromatic carbocycles. The molecule has 5 nitrogen and oxygen atoms in total. The van der Waals surface area contributed by atoms with Gasteiger partial charge in [0.15, 0.2) is 5.96 Å². The summed E-state index contributed by atoms with van der Waals surface area (Å²) in [6, 6.07) is 10.4. The van der Waals surface area contributed by atoms with Gasteiger partial charge in [-0.05, 0) is 44.6 Å². The minimum Gasteiger partial charge on any atom is -0.376 e. The number of rotatable bonds is 6. The second kappa shape index (κ2) is 12.6. The number of likely N-dealkylation sites (tertiary alicyclic amines) is 1. The zero-order chi connectivity index (χ0) is 18.0. The van der Waals surface area contributed by atoms with E-state index in [2.05, 4.69) is 41.4 Å². The topological polar surface area (TPSA) is 46.1 Å². The molecule has 1 atom stereocenters. The third-order valence-corrected chi connectivity index (χ3v) is 5.12. The number of guanidine groups is 1. The minimum absolute atomic E-state index is 0. The number of piperidine rings is 1.